The van der Waals surface area contributed by atoms with E-state index < -0.39 is 0 Å². The molecule has 1 aliphatic heterocycles. The van der Waals surface area contributed by atoms with Gasteiger partial charge in [0.25, 0.3) is 0 Å². The third-order valence-electron chi connectivity index (χ3n) is 5.68. The number of aromatic nitrogens is 2. The van der Waals surface area contributed by atoms with Crippen molar-refractivity contribution >= 4 is 16.8 Å². The number of methoxy groups -OCH3 is 1. The number of pyridine rings is 1. The number of nitrogens with zero attached hydrogens (tertiary/aromatic N) is 4. The summed E-state index contributed by atoms with van der Waals surface area (Å²) in [4.78, 5) is 21.5. The van der Waals surface area contributed by atoms with Gasteiger partial charge in [-0.15, -0.1) is 0 Å². The second-order valence-corrected chi connectivity index (χ2v) is 7.48. The standard InChI is InChI=1S/C23H28N4O2/c1-29-21-5-6-22-19(18-21)7-12-26(22)13-9-23(28)27-16-14-25(15-17-27)11-8-20-4-2-3-10-24-20/h2-7,10,12,18H,8-9,11,13-17H2,1H3. The molecule has 152 valence electrons. The smallest absolute Gasteiger partial charge is 0.224 e. The Hall–Kier alpha value is -2.86. The Labute approximate surface area is 171 Å². The van der Waals surface area contributed by atoms with E-state index in [-0.39, 0.29) is 5.91 Å². The van der Waals surface area contributed by atoms with Gasteiger partial charge in [0.1, 0.15) is 5.75 Å². The fourth-order valence-corrected chi connectivity index (χ4v) is 3.91. The third-order valence-corrected chi connectivity index (χ3v) is 5.68. The number of hydrogen-bond donors (Lipinski definition) is 0. The lowest BCUT2D eigenvalue weighted by Crippen LogP contribution is -2.49. The van der Waals surface area contributed by atoms with Crippen LogP contribution in [0.2, 0.25) is 0 Å². The normalized spacial score (nSPS) is 15.0. The minimum Gasteiger partial charge on any atom is -0.497 e. The Balaban J connectivity index is 1.24. The largest absolute Gasteiger partial charge is 0.497 e. The summed E-state index contributed by atoms with van der Waals surface area (Å²) in [6.45, 7) is 5.19. The van der Waals surface area contributed by atoms with Gasteiger partial charge in [0.05, 0.1) is 7.11 Å². The van der Waals surface area contributed by atoms with Crippen LogP contribution in [0.15, 0.2) is 54.9 Å². The maximum atomic E-state index is 12.7. The van der Waals surface area contributed by atoms with Gasteiger partial charge in [-0.1, -0.05) is 6.07 Å². The SMILES string of the molecule is COc1ccc2c(ccn2CCC(=O)N2CCN(CCc3ccccn3)CC2)c1. The highest BCUT2D eigenvalue weighted by molar-refractivity contribution is 5.82. The zero-order valence-corrected chi connectivity index (χ0v) is 17.0. The van der Waals surface area contributed by atoms with Crippen molar-refractivity contribution in [3.63, 3.8) is 0 Å². The van der Waals surface area contributed by atoms with Gasteiger partial charge in [-0.25, -0.2) is 0 Å². The van der Waals surface area contributed by atoms with Gasteiger partial charge in [-0.2, -0.15) is 0 Å². The molecule has 1 aromatic carbocycles. The molecule has 3 aromatic rings. The lowest BCUT2D eigenvalue weighted by molar-refractivity contribution is -0.133. The van der Waals surface area contributed by atoms with Crippen LogP contribution >= 0.6 is 0 Å². The number of aryl methyl sites for hydroxylation is 1. The van der Waals surface area contributed by atoms with Crippen molar-refractivity contribution in [2.75, 3.05) is 39.8 Å². The van der Waals surface area contributed by atoms with Crippen LogP contribution in [0.25, 0.3) is 10.9 Å². The number of hydrogen-bond acceptors (Lipinski definition) is 4. The monoisotopic (exact) mass is 392 g/mol. The van der Waals surface area contributed by atoms with Gasteiger partial charge in [0.15, 0.2) is 0 Å². The molecule has 0 spiro atoms. The first kappa shape index (κ1) is 19.5. The summed E-state index contributed by atoms with van der Waals surface area (Å²) in [5, 5.41) is 1.14. The van der Waals surface area contributed by atoms with Gasteiger partial charge in [0, 0.05) is 81.1 Å². The zero-order valence-electron chi connectivity index (χ0n) is 17.0. The minimum absolute atomic E-state index is 0.240. The molecule has 0 radical (unpaired) electrons. The summed E-state index contributed by atoms with van der Waals surface area (Å²) in [7, 11) is 1.68. The van der Waals surface area contributed by atoms with E-state index in [1.165, 1.54) is 0 Å². The molecule has 3 heterocycles. The molecule has 0 bridgehead atoms. The van der Waals surface area contributed by atoms with Gasteiger partial charge in [-0.05, 0) is 36.4 Å². The van der Waals surface area contributed by atoms with E-state index in [1.54, 1.807) is 7.11 Å². The van der Waals surface area contributed by atoms with Crippen LogP contribution in [-0.4, -0.2) is 65.1 Å². The predicted molar refractivity (Wildman–Crippen MR) is 114 cm³/mol. The molecule has 0 aliphatic carbocycles. The fourth-order valence-electron chi connectivity index (χ4n) is 3.91. The summed E-state index contributed by atoms with van der Waals surface area (Å²) < 4.78 is 7.43. The van der Waals surface area contributed by atoms with Gasteiger partial charge in [0.2, 0.25) is 5.91 Å². The molecule has 1 saturated heterocycles. The Morgan fingerprint density at radius 1 is 1.07 bits per heavy atom. The van der Waals surface area contributed by atoms with E-state index in [0.717, 1.165) is 61.5 Å². The Kier molecular flexibility index (Phi) is 6.10. The first-order valence-corrected chi connectivity index (χ1v) is 10.3. The van der Waals surface area contributed by atoms with Gasteiger partial charge in [-0.3, -0.25) is 14.7 Å². The second-order valence-electron chi connectivity index (χ2n) is 7.48. The molecule has 6 nitrogen and oxygen atoms in total. The van der Waals surface area contributed by atoms with E-state index in [4.69, 9.17) is 4.74 Å². The molecule has 1 aliphatic rings. The number of amides is 1. The van der Waals surface area contributed by atoms with Crippen molar-refractivity contribution in [1.29, 1.82) is 0 Å². The molecule has 6 heteroatoms. The number of ether oxygens (including phenoxy) is 1. The molecule has 0 atom stereocenters. The Bertz CT molecular complexity index is 946. The molecule has 29 heavy (non-hydrogen) atoms. The van der Waals surface area contributed by atoms with Gasteiger partial charge >= 0.3 is 0 Å². The molecule has 0 saturated carbocycles. The van der Waals surface area contributed by atoms with Gasteiger partial charge < -0.3 is 14.2 Å². The number of piperazine rings is 1. The number of benzene rings is 1. The summed E-state index contributed by atoms with van der Waals surface area (Å²) in [5.74, 6) is 1.09. The number of carbonyl (C=O) groups excluding carboxylic acids is 1. The maximum absolute atomic E-state index is 12.7. The Morgan fingerprint density at radius 2 is 1.93 bits per heavy atom. The van der Waals surface area contributed by atoms with Crippen molar-refractivity contribution in [3.8, 4) is 5.75 Å². The van der Waals surface area contributed by atoms with E-state index >= 15 is 0 Å². The first-order chi connectivity index (χ1) is 14.2. The quantitative estimate of drug-likeness (QED) is 0.620. The lowest BCUT2D eigenvalue weighted by atomic mass is 10.2. The first-order valence-electron chi connectivity index (χ1n) is 10.3. The Morgan fingerprint density at radius 3 is 2.69 bits per heavy atom. The highest BCUT2D eigenvalue weighted by atomic mass is 16.5. The molecule has 1 fully saturated rings. The average molecular weight is 393 g/mol. The van der Waals surface area contributed by atoms with Crippen molar-refractivity contribution in [2.24, 2.45) is 0 Å². The molecule has 4 rings (SSSR count). The summed E-state index contributed by atoms with van der Waals surface area (Å²) >= 11 is 0. The van der Waals surface area contributed by atoms with Crippen LogP contribution in [0.3, 0.4) is 0 Å². The second kappa shape index (κ2) is 9.09. The summed E-state index contributed by atoms with van der Waals surface area (Å²) in [6.07, 6.45) is 5.38. The molecule has 2 aromatic heterocycles. The topological polar surface area (TPSA) is 50.6 Å². The van der Waals surface area contributed by atoms with E-state index in [2.05, 4.69) is 32.7 Å². The third kappa shape index (κ3) is 4.77. The van der Waals surface area contributed by atoms with Crippen LogP contribution in [0.5, 0.6) is 5.75 Å². The number of rotatable bonds is 7. The van der Waals surface area contributed by atoms with Crippen LogP contribution in [0, 0.1) is 0 Å². The molecule has 1 amide bonds. The highest BCUT2D eigenvalue weighted by Gasteiger charge is 2.20. The van der Waals surface area contributed by atoms with E-state index in [1.807, 2.05) is 41.6 Å². The lowest BCUT2D eigenvalue weighted by Gasteiger charge is -2.34. The zero-order chi connectivity index (χ0) is 20.1. The minimum atomic E-state index is 0.240. The van der Waals surface area contributed by atoms with Crippen LogP contribution in [-0.2, 0) is 17.8 Å². The summed E-state index contributed by atoms with van der Waals surface area (Å²) in [5.41, 5.74) is 2.26. The van der Waals surface area contributed by atoms with Crippen LogP contribution in [0.1, 0.15) is 12.1 Å². The molecular formula is C23H28N4O2. The summed E-state index contributed by atoms with van der Waals surface area (Å²) in [6, 6.07) is 14.2. The fraction of sp³-hybridized carbons (Fsp3) is 0.391. The molecule has 0 unspecified atom stereocenters. The average Bonchev–Trinajstić information content (AvgIpc) is 3.19. The van der Waals surface area contributed by atoms with Crippen LogP contribution < -0.4 is 4.74 Å². The van der Waals surface area contributed by atoms with Crippen LogP contribution in [0.4, 0.5) is 0 Å². The molecule has 0 N–H and O–H groups in total. The van der Waals surface area contributed by atoms with E-state index in [0.29, 0.717) is 13.0 Å². The van der Waals surface area contributed by atoms with E-state index in [9.17, 15) is 4.79 Å². The number of fused-ring (bicyclic) bond motifs is 1. The number of carbonyl (C=O) groups is 1. The van der Waals surface area contributed by atoms with Crippen molar-refractivity contribution < 1.29 is 9.53 Å². The molecular weight excluding hydrogens is 364 g/mol. The van der Waals surface area contributed by atoms with Crippen molar-refractivity contribution in [3.05, 3.63) is 60.6 Å². The maximum Gasteiger partial charge on any atom is 0.224 e. The van der Waals surface area contributed by atoms with Crippen molar-refractivity contribution in [1.82, 2.24) is 19.4 Å². The van der Waals surface area contributed by atoms with Crippen molar-refractivity contribution in [2.45, 2.75) is 19.4 Å². The highest BCUT2D eigenvalue weighted by Crippen LogP contribution is 2.22. The predicted octanol–water partition coefficient (Wildman–Crippen LogP) is 2.82.